The Bertz CT molecular complexity index is 706. The lowest BCUT2D eigenvalue weighted by Gasteiger charge is -2.18. The van der Waals surface area contributed by atoms with Gasteiger partial charge >= 0.3 is 0 Å². The molecule has 1 atom stereocenters. The van der Waals surface area contributed by atoms with Crippen LogP contribution >= 0.6 is 0 Å². The lowest BCUT2D eigenvalue weighted by molar-refractivity contribution is 0.171. The monoisotopic (exact) mass is 286 g/mol. The summed E-state index contributed by atoms with van der Waals surface area (Å²) in [7, 11) is 0. The lowest BCUT2D eigenvalue weighted by Crippen LogP contribution is -2.15. The van der Waals surface area contributed by atoms with Gasteiger partial charge in [-0.15, -0.1) is 0 Å². The van der Waals surface area contributed by atoms with Crippen molar-refractivity contribution >= 4 is 5.82 Å². The third-order valence-electron chi connectivity index (χ3n) is 4.41. The first-order chi connectivity index (χ1) is 10.1. The average Bonchev–Trinajstić information content (AvgIpc) is 2.93. The van der Waals surface area contributed by atoms with Crippen LogP contribution in [0.4, 0.5) is 5.82 Å². The van der Waals surface area contributed by atoms with Crippen LogP contribution < -0.4 is 15.2 Å². The number of fused-ring (bicyclic) bond motifs is 1. The molecule has 2 aromatic rings. The summed E-state index contributed by atoms with van der Waals surface area (Å²) in [6, 6.07) is 5.85. The molecule has 1 aliphatic carbocycles. The van der Waals surface area contributed by atoms with Crippen molar-refractivity contribution in [1.29, 1.82) is 0 Å². The van der Waals surface area contributed by atoms with Crippen LogP contribution in [0.2, 0.25) is 0 Å². The van der Waals surface area contributed by atoms with E-state index in [-0.39, 0.29) is 5.41 Å². The Balaban J connectivity index is 1.78. The molecule has 2 N–H and O–H groups in total. The molecule has 2 heterocycles. The van der Waals surface area contributed by atoms with Gasteiger partial charge in [0.25, 0.3) is 0 Å². The highest BCUT2D eigenvalue weighted by atomic mass is 16.6. The van der Waals surface area contributed by atoms with Crippen LogP contribution in [0.3, 0.4) is 0 Å². The van der Waals surface area contributed by atoms with Gasteiger partial charge < -0.3 is 19.7 Å². The predicted molar refractivity (Wildman–Crippen MR) is 78.5 cm³/mol. The molecule has 5 heteroatoms. The van der Waals surface area contributed by atoms with Crippen molar-refractivity contribution in [1.82, 2.24) is 5.16 Å². The molecule has 0 bridgehead atoms. The Labute approximate surface area is 123 Å². The van der Waals surface area contributed by atoms with Crippen LogP contribution in [-0.2, 0) is 0 Å². The van der Waals surface area contributed by atoms with E-state index in [1.54, 1.807) is 0 Å². The van der Waals surface area contributed by atoms with E-state index < -0.39 is 0 Å². The number of nitrogen functional groups attached to an aromatic ring is 1. The fourth-order valence-electron chi connectivity index (χ4n) is 2.96. The molecule has 1 aliphatic heterocycles. The van der Waals surface area contributed by atoms with E-state index >= 15 is 0 Å². The van der Waals surface area contributed by atoms with Crippen molar-refractivity contribution in [3.8, 4) is 22.6 Å². The van der Waals surface area contributed by atoms with Crippen LogP contribution in [0.1, 0.15) is 31.9 Å². The van der Waals surface area contributed by atoms with Crippen molar-refractivity contribution in [3.63, 3.8) is 0 Å². The minimum Gasteiger partial charge on any atom is -0.486 e. The molecule has 2 aliphatic rings. The average molecular weight is 286 g/mol. The normalized spacial score (nSPS) is 22.1. The molecule has 0 amide bonds. The number of nitrogens with two attached hydrogens (primary N) is 1. The zero-order valence-electron chi connectivity index (χ0n) is 12.2. The fourth-order valence-corrected chi connectivity index (χ4v) is 2.96. The van der Waals surface area contributed by atoms with Gasteiger partial charge in [0.1, 0.15) is 19.0 Å². The molecule has 5 nitrogen and oxygen atoms in total. The maximum atomic E-state index is 6.03. The van der Waals surface area contributed by atoms with Crippen molar-refractivity contribution < 1.29 is 14.0 Å². The molecule has 4 rings (SSSR count). The standard InChI is InChI=1S/C16H18N2O3/c1-16(2)8-10(16)14-13(15(17)18-21-14)9-3-4-11-12(7-9)20-6-5-19-11/h3-4,7,10H,5-6,8H2,1-2H3,(H2,17,18). The number of hydrogen-bond donors (Lipinski definition) is 1. The molecule has 21 heavy (non-hydrogen) atoms. The highest BCUT2D eigenvalue weighted by Crippen LogP contribution is 2.60. The van der Waals surface area contributed by atoms with Crippen molar-refractivity contribution in [2.75, 3.05) is 18.9 Å². The van der Waals surface area contributed by atoms with Crippen LogP contribution in [0.25, 0.3) is 11.1 Å². The summed E-state index contributed by atoms with van der Waals surface area (Å²) < 4.78 is 16.7. The molecule has 0 radical (unpaired) electrons. The summed E-state index contributed by atoms with van der Waals surface area (Å²) >= 11 is 0. The largest absolute Gasteiger partial charge is 0.486 e. The molecule has 1 aromatic heterocycles. The van der Waals surface area contributed by atoms with Crippen LogP contribution in [-0.4, -0.2) is 18.4 Å². The van der Waals surface area contributed by atoms with Gasteiger partial charge in [-0.25, -0.2) is 0 Å². The van der Waals surface area contributed by atoms with Crippen LogP contribution in [0.5, 0.6) is 11.5 Å². The van der Waals surface area contributed by atoms with Gasteiger partial charge in [-0.3, -0.25) is 0 Å². The molecule has 1 fully saturated rings. The highest BCUT2D eigenvalue weighted by molar-refractivity contribution is 5.78. The number of nitrogens with zero attached hydrogens (tertiary/aromatic N) is 1. The molecule has 110 valence electrons. The smallest absolute Gasteiger partial charge is 0.175 e. The molecule has 1 aromatic carbocycles. The second kappa shape index (κ2) is 4.16. The summed E-state index contributed by atoms with van der Waals surface area (Å²) in [5, 5.41) is 3.96. The third kappa shape index (κ3) is 1.95. The summed E-state index contributed by atoms with van der Waals surface area (Å²) in [5.41, 5.74) is 8.14. The van der Waals surface area contributed by atoms with Gasteiger partial charge in [-0.05, 0) is 29.5 Å². The van der Waals surface area contributed by atoms with Crippen molar-refractivity contribution in [2.24, 2.45) is 5.41 Å². The number of rotatable bonds is 2. The second-order valence-corrected chi connectivity index (χ2v) is 6.41. The van der Waals surface area contributed by atoms with Gasteiger partial charge in [0, 0.05) is 5.92 Å². The zero-order chi connectivity index (χ0) is 14.6. The number of benzene rings is 1. The quantitative estimate of drug-likeness (QED) is 0.918. The predicted octanol–water partition coefficient (Wildman–Crippen LogP) is 3.21. The number of aromatic nitrogens is 1. The molecule has 1 saturated carbocycles. The maximum absolute atomic E-state index is 6.03. The SMILES string of the molecule is CC1(C)CC1c1onc(N)c1-c1ccc2c(c1)OCCO2. The van der Waals surface area contributed by atoms with Crippen LogP contribution in [0.15, 0.2) is 22.7 Å². The van der Waals surface area contributed by atoms with Gasteiger partial charge in [0.05, 0.1) is 5.56 Å². The first kappa shape index (κ1) is 12.6. The van der Waals surface area contributed by atoms with Crippen molar-refractivity contribution in [3.05, 3.63) is 24.0 Å². The summed E-state index contributed by atoms with van der Waals surface area (Å²) in [6.45, 7) is 5.61. The zero-order valence-corrected chi connectivity index (χ0v) is 12.2. The van der Waals surface area contributed by atoms with E-state index in [2.05, 4.69) is 19.0 Å². The first-order valence-electron chi connectivity index (χ1n) is 7.21. The van der Waals surface area contributed by atoms with E-state index in [9.17, 15) is 0 Å². The van der Waals surface area contributed by atoms with Crippen LogP contribution in [0, 0.1) is 5.41 Å². The van der Waals surface area contributed by atoms with Gasteiger partial charge in [0.15, 0.2) is 17.3 Å². The molecular weight excluding hydrogens is 268 g/mol. The number of anilines is 1. The number of ether oxygens (including phenoxy) is 2. The van der Waals surface area contributed by atoms with Gasteiger partial charge in [0.2, 0.25) is 0 Å². The van der Waals surface area contributed by atoms with Gasteiger partial charge in [-0.1, -0.05) is 25.1 Å². The lowest BCUT2D eigenvalue weighted by atomic mass is 10.00. The Morgan fingerprint density at radius 1 is 1.19 bits per heavy atom. The molecule has 0 spiro atoms. The van der Waals surface area contributed by atoms with E-state index in [0.29, 0.717) is 24.9 Å². The third-order valence-corrected chi connectivity index (χ3v) is 4.41. The van der Waals surface area contributed by atoms with E-state index in [1.807, 2.05) is 18.2 Å². The minimum absolute atomic E-state index is 0.258. The molecule has 1 unspecified atom stereocenters. The summed E-state index contributed by atoms with van der Waals surface area (Å²) in [6.07, 6.45) is 1.10. The topological polar surface area (TPSA) is 70.5 Å². The highest BCUT2D eigenvalue weighted by Gasteiger charge is 2.50. The number of hydrogen-bond acceptors (Lipinski definition) is 5. The van der Waals surface area contributed by atoms with Crippen molar-refractivity contribution in [2.45, 2.75) is 26.2 Å². The summed E-state index contributed by atoms with van der Waals surface area (Å²) in [4.78, 5) is 0. The molecular formula is C16H18N2O3. The van der Waals surface area contributed by atoms with E-state index in [0.717, 1.165) is 34.8 Å². The summed E-state index contributed by atoms with van der Waals surface area (Å²) in [5.74, 6) is 3.22. The Morgan fingerprint density at radius 2 is 1.90 bits per heavy atom. The Morgan fingerprint density at radius 3 is 2.62 bits per heavy atom. The fraction of sp³-hybridized carbons (Fsp3) is 0.438. The Hall–Kier alpha value is -2.17. The molecule has 0 saturated heterocycles. The minimum atomic E-state index is 0.258. The van der Waals surface area contributed by atoms with E-state index in [1.165, 1.54) is 0 Å². The van der Waals surface area contributed by atoms with E-state index in [4.69, 9.17) is 19.7 Å². The van der Waals surface area contributed by atoms with Gasteiger partial charge in [-0.2, -0.15) is 0 Å². The second-order valence-electron chi connectivity index (χ2n) is 6.41. The first-order valence-corrected chi connectivity index (χ1v) is 7.21. The Kier molecular flexibility index (Phi) is 2.49. The maximum Gasteiger partial charge on any atom is 0.175 e.